The molecule has 1 saturated carbocycles. The van der Waals surface area contributed by atoms with Crippen LogP contribution in [0.4, 0.5) is 13.2 Å². The van der Waals surface area contributed by atoms with Crippen molar-refractivity contribution >= 4 is 11.8 Å². The molecule has 0 aliphatic heterocycles. The molecule has 2 amide bonds. The lowest BCUT2D eigenvalue weighted by molar-refractivity contribution is -0.137. The van der Waals surface area contributed by atoms with Crippen molar-refractivity contribution in [3.8, 4) is 11.1 Å². The summed E-state index contributed by atoms with van der Waals surface area (Å²) < 4.78 is 39.7. The third-order valence-electron chi connectivity index (χ3n) is 5.50. The van der Waals surface area contributed by atoms with Crippen molar-refractivity contribution in [2.75, 3.05) is 13.1 Å². The predicted octanol–water partition coefficient (Wildman–Crippen LogP) is 4.65. The molecule has 1 fully saturated rings. The first-order chi connectivity index (χ1) is 14.3. The molecule has 1 aliphatic rings. The van der Waals surface area contributed by atoms with E-state index in [-0.39, 0.29) is 29.2 Å². The highest BCUT2D eigenvalue weighted by Gasteiger charge is 2.33. The van der Waals surface area contributed by atoms with E-state index in [0.29, 0.717) is 24.2 Å². The first-order valence-corrected chi connectivity index (χ1v) is 10.1. The van der Waals surface area contributed by atoms with Gasteiger partial charge in [0.25, 0.3) is 5.91 Å². The second-order valence-electron chi connectivity index (χ2n) is 7.60. The van der Waals surface area contributed by atoms with Gasteiger partial charge in [-0.05, 0) is 61.4 Å². The van der Waals surface area contributed by atoms with Crippen molar-refractivity contribution < 1.29 is 22.8 Å². The molecular formula is C23H25F3N2O2. The number of benzene rings is 2. The van der Waals surface area contributed by atoms with Gasteiger partial charge in [-0.1, -0.05) is 30.3 Å². The van der Waals surface area contributed by atoms with E-state index in [4.69, 9.17) is 0 Å². The smallest absolute Gasteiger partial charge is 0.356 e. The van der Waals surface area contributed by atoms with Crippen molar-refractivity contribution in [2.24, 2.45) is 11.8 Å². The van der Waals surface area contributed by atoms with Crippen LogP contribution in [0.3, 0.4) is 0 Å². The van der Waals surface area contributed by atoms with Crippen LogP contribution in [-0.4, -0.2) is 24.9 Å². The molecule has 7 heteroatoms. The van der Waals surface area contributed by atoms with Crippen molar-refractivity contribution in [3.05, 3.63) is 59.7 Å². The number of hydrogen-bond acceptors (Lipinski definition) is 2. The van der Waals surface area contributed by atoms with Gasteiger partial charge in [0.1, 0.15) is 0 Å². The Bertz CT molecular complexity index is 894. The zero-order valence-electron chi connectivity index (χ0n) is 16.8. The van der Waals surface area contributed by atoms with Gasteiger partial charge in [-0.2, -0.15) is 13.2 Å². The Hall–Kier alpha value is -2.83. The molecule has 0 saturated heterocycles. The van der Waals surface area contributed by atoms with Crippen LogP contribution in [0, 0.1) is 11.8 Å². The first-order valence-electron chi connectivity index (χ1n) is 10.1. The zero-order chi connectivity index (χ0) is 21.7. The van der Waals surface area contributed by atoms with Crippen LogP contribution in [0.1, 0.15) is 42.1 Å². The van der Waals surface area contributed by atoms with Crippen molar-refractivity contribution in [1.29, 1.82) is 0 Å². The van der Waals surface area contributed by atoms with E-state index in [1.807, 2.05) is 6.92 Å². The van der Waals surface area contributed by atoms with Crippen molar-refractivity contribution in [3.63, 3.8) is 0 Å². The maximum absolute atomic E-state index is 13.2. The van der Waals surface area contributed by atoms with Gasteiger partial charge in [0, 0.05) is 24.6 Å². The van der Waals surface area contributed by atoms with Gasteiger partial charge in [-0.25, -0.2) is 0 Å². The van der Waals surface area contributed by atoms with Crippen LogP contribution in [0.25, 0.3) is 11.1 Å². The molecule has 2 atom stereocenters. The Balaban J connectivity index is 1.60. The molecule has 2 N–H and O–H groups in total. The quantitative estimate of drug-likeness (QED) is 0.717. The van der Waals surface area contributed by atoms with E-state index < -0.39 is 11.7 Å². The number of alkyl halides is 3. The maximum atomic E-state index is 13.2. The van der Waals surface area contributed by atoms with Gasteiger partial charge in [-0.3, -0.25) is 9.59 Å². The standard InChI is InChI=1S/C23H25F3N2O2/c1-2-27-22(30)18-8-7-15(13-18)14-28-21(29)17-11-9-16(10-12-17)19-5-3-4-6-20(19)23(24,25)26/h3-6,9-12,15,18H,2,7-8,13-14H2,1H3,(H,27,30)(H,28,29)/t15-,18+/m1/s1. The van der Waals surface area contributed by atoms with Crippen LogP contribution in [0.5, 0.6) is 0 Å². The monoisotopic (exact) mass is 418 g/mol. The molecule has 0 heterocycles. The second kappa shape index (κ2) is 9.32. The minimum atomic E-state index is -4.44. The third kappa shape index (κ3) is 5.20. The number of rotatable bonds is 6. The van der Waals surface area contributed by atoms with E-state index in [1.165, 1.54) is 36.4 Å². The fraction of sp³-hybridized carbons (Fsp3) is 0.391. The highest BCUT2D eigenvalue weighted by molar-refractivity contribution is 5.94. The summed E-state index contributed by atoms with van der Waals surface area (Å²) in [5.74, 6) is 0.0486. The molecule has 2 aromatic carbocycles. The topological polar surface area (TPSA) is 58.2 Å². The summed E-state index contributed by atoms with van der Waals surface area (Å²) >= 11 is 0. The molecule has 0 bridgehead atoms. The largest absolute Gasteiger partial charge is 0.417 e. The van der Waals surface area contributed by atoms with E-state index in [0.717, 1.165) is 25.3 Å². The van der Waals surface area contributed by atoms with E-state index >= 15 is 0 Å². The van der Waals surface area contributed by atoms with Crippen molar-refractivity contribution in [2.45, 2.75) is 32.4 Å². The zero-order valence-corrected chi connectivity index (χ0v) is 16.8. The Morgan fingerprint density at radius 2 is 1.70 bits per heavy atom. The molecule has 2 aromatic rings. The number of nitrogens with one attached hydrogen (secondary N) is 2. The Kier molecular flexibility index (Phi) is 6.80. The summed E-state index contributed by atoms with van der Waals surface area (Å²) in [4.78, 5) is 24.3. The number of carbonyl (C=O) groups excluding carboxylic acids is 2. The van der Waals surface area contributed by atoms with Crippen LogP contribution < -0.4 is 10.6 Å². The van der Waals surface area contributed by atoms with Crippen LogP contribution in [0.2, 0.25) is 0 Å². The average molecular weight is 418 g/mol. The summed E-state index contributed by atoms with van der Waals surface area (Å²) in [7, 11) is 0. The normalized spacial score (nSPS) is 18.8. The minimum absolute atomic E-state index is 0.000151. The lowest BCUT2D eigenvalue weighted by atomic mass is 9.98. The first kappa shape index (κ1) is 21.9. The van der Waals surface area contributed by atoms with E-state index in [2.05, 4.69) is 10.6 Å². The van der Waals surface area contributed by atoms with E-state index in [1.54, 1.807) is 6.07 Å². The predicted molar refractivity (Wildman–Crippen MR) is 109 cm³/mol. The molecule has 30 heavy (non-hydrogen) atoms. The summed E-state index contributed by atoms with van der Waals surface area (Å²) in [6, 6.07) is 11.5. The van der Waals surface area contributed by atoms with Crippen LogP contribution in [0.15, 0.2) is 48.5 Å². The summed E-state index contributed by atoms with van der Waals surface area (Å²) in [5.41, 5.74) is 0.172. The SMILES string of the molecule is CCNC(=O)[C@H]1CC[C@@H](CNC(=O)c2ccc(-c3ccccc3C(F)(F)F)cc2)C1. The highest BCUT2D eigenvalue weighted by Crippen LogP contribution is 2.37. The number of hydrogen-bond donors (Lipinski definition) is 2. The number of carbonyl (C=O) groups is 2. The molecule has 0 radical (unpaired) electrons. The Morgan fingerprint density at radius 1 is 1.00 bits per heavy atom. The van der Waals surface area contributed by atoms with Gasteiger partial charge in [0.05, 0.1) is 5.56 Å². The fourth-order valence-corrected chi connectivity index (χ4v) is 3.94. The number of halogens is 3. The summed E-state index contributed by atoms with van der Waals surface area (Å²) in [6.45, 7) is 2.98. The number of amides is 2. The molecule has 0 spiro atoms. The third-order valence-corrected chi connectivity index (χ3v) is 5.50. The molecule has 0 aromatic heterocycles. The lowest BCUT2D eigenvalue weighted by Crippen LogP contribution is -2.31. The van der Waals surface area contributed by atoms with E-state index in [9.17, 15) is 22.8 Å². The maximum Gasteiger partial charge on any atom is 0.417 e. The second-order valence-corrected chi connectivity index (χ2v) is 7.60. The summed E-state index contributed by atoms with van der Waals surface area (Å²) in [6.07, 6.45) is -1.99. The molecule has 3 rings (SSSR count). The molecule has 160 valence electrons. The van der Waals surface area contributed by atoms with Gasteiger partial charge in [0.15, 0.2) is 0 Å². The molecule has 0 unspecified atom stereocenters. The summed E-state index contributed by atoms with van der Waals surface area (Å²) in [5, 5.41) is 5.71. The minimum Gasteiger partial charge on any atom is -0.356 e. The molecule has 4 nitrogen and oxygen atoms in total. The Labute approximate surface area is 173 Å². The van der Waals surface area contributed by atoms with Gasteiger partial charge in [-0.15, -0.1) is 0 Å². The Morgan fingerprint density at radius 3 is 2.37 bits per heavy atom. The fourth-order valence-electron chi connectivity index (χ4n) is 3.94. The van der Waals surface area contributed by atoms with Crippen LogP contribution in [-0.2, 0) is 11.0 Å². The highest BCUT2D eigenvalue weighted by atomic mass is 19.4. The van der Waals surface area contributed by atoms with Crippen molar-refractivity contribution in [1.82, 2.24) is 10.6 Å². The van der Waals surface area contributed by atoms with Gasteiger partial charge in [0.2, 0.25) is 5.91 Å². The van der Waals surface area contributed by atoms with Crippen LogP contribution >= 0.6 is 0 Å². The molecular weight excluding hydrogens is 393 g/mol. The lowest BCUT2D eigenvalue weighted by Gasteiger charge is -2.14. The average Bonchev–Trinajstić information content (AvgIpc) is 3.21. The van der Waals surface area contributed by atoms with Gasteiger partial charge >= 0.3 is 6.18 Å². The van der Waals surface area contributed by atoms with Gasteiger partial charge < -0.3 is 10.6 Å². The molecule has 1 aliphatic carbocycles.